The molecule has 466 valence electrons. The molecule has 0 aliphatic heterocycles. The van der Waals surface area contributed by atoms with E-state index in [1.807, 2.05) is 0 Å². The van der Waals surface area contributed by atoms with Gasteiger partial charge in [-0.2, -0.15) is 0 Å². The Balaban J connectivity index is 4.35. The van der Waals surface area contributed by atoms with Gasteiger partial charge in [0.2, 0.25) is 0 Å². The Morgan fingerprint density at radius 2 is 0.481 bits per heavy atom. The minimum absolute atomic E-state index is 0.0839. The summed E-state index contributed by atoms with van der Waals surface area (Å²) >= 11 is 0. The van der Waals surface area contributed by atoms with Crippen LogP contribution in [0, 0.1) is 0 Å². The van der Waals surface area contributed by atoms with Gasteiger partial charge in [0.15, 0.2) is 6.10 Å². The summed E-state index contributed by atoms with van der Waals surface area (Å²) in [5.41, 5.74) is 0. The molecule has 0 saturated carbocycles. The predicted molar refractivity (Wildman–Crippen MR) is 353 cm³/mol. The highest BCUT2D eigenvalue weighted by molar-refractivity contribution is 5.71. The Morgan fingerprint density at radius 1 is 0.259 bits per heavy atom. The molecular formula is C75H130O6. The minimum Gasteiger partial charge on any atom is -0.462 e. The summed E-state index contributed by atoms with van der Waals surface area (Å²) < 4.78 is 17.0. The van der Waals surface area contributed by atoms with Crippen LogP contribution < -0.4 is 0 Å². The number of rotatable bonds is 63. The van der Waals surface area contributed by atoms with Crippen molar-refractivity contribution in [3.8, 4) is 0 Å². The molecule has 1 atom stereocenters. The molecular weight excluding hydrogens is 997 g/mol. The zero-order valence-electron chi connectivity index (χ0n) is 53.5. The van der Waals surface area contributed by atoms with Crippen LogP contribution in [0.3, 0.4) is 0 Å². The summed E-state index contributed by atoms with van der Waals surface area (Å²) in [6.45, 7) is 6.53. The van der Waals surface area contributed by atoms with Crippen LogP contribution in [-0.2, 0) is 28.6 Å². The van der Waals surface area contributed by atoms with E-state index in [0.29, 0.717) is 19.3 Å². The van der Waals surface area contributed by atoms with Crippen LogP contribution in [0.15, 0.2) is 97.2 Å². The summed E-state index contributed by atoms with van der Waals surface area (Å²) in [7, 11) is 0. The molecule has 6 nitrogen and oxygen atoms in total. The number of hydrogen-bond acceptors (Lipinski definition) is 6. The molecule has 0 spiro atoms. The van der Waals surface area contributed by atoms with E-state index in [0.717, 1.165) is 122 Å². The van der Waals surface area contributed by atoms with Gasteiger partial charge < -0.3 is 14.2 Å². The fraction of sp³-hybridized carbons (Fsp3) is 0.747. The lowest BCUT2D eigenvalue weighted by molar-refractivity contribution is -0.167. The third-order valence-corrected chi connectivity index (χ3v) is 15.1. The number of carbonyl (C=O) groups is 3. The summed E-state index contributed by atoms with van der Waals surface area (Å²) in [5, 5.41) is 0. The maximum Gasteiger partial charge on any atom is 0.306 e. The molecule has 0 aliphatic rings. The van der Waals surface area contributed by atoms with Gasteiger partial charge in [0.1, 0.15) is 13.2 Å². The quantitative estimate of drug-likeness (QED) is 0.0261. The van der Waals surface area contributed by atoms with Crippen molar-refractivity contribution in [2.75, 3.05) is 13.2 Å². The molecule has 0 bridgehead atoms. The van der Waals surface area contributed by atoms with E-state index in [9.17, 15) is 14.4 Å². The van der Waals surface area contributed by atoms with Crippen molar-refractivity contribution in [2.45, 2.75) is 348 Å². The maximum atomic E-state index is 13.0. The maximum absolute atomic E-state index is 13.0. The van der Waals surface area contributed by atoms with Gasteiger partial charge in [-0.3, -0.25) is 14.4 Å². The summed E-state index contributed by atoms with van der Waals surface area (Å²) in [5.74, 6) is -0.888. The average Bonchev–Trinajstić information content (AvgIpc) is 3.47. The molecule has 0 aromatic rings. The van der Waals surface area contributed by atoms with E-state index >= 15 is 0 Å². The highest BCUT2D eigenvalue weighted by Gasteiger charge is 2.19. The van der Waals surface area contributed by atoms with Crippen LogP contribution in [-0.4, -0.2) is 37.2 Å². The summed E-state index contributed by atoms with van der Waals surface area (Å²) in [4.78, 5) is 38.4. The lowest BCUT2D eigenvalue weighted by Crippen LogP contribution is -2.30. The number of esters is 3. The second kappa shape index (κ2) is 68.8. The van der Waals surface area contributed by atoms with Crippen LogP contribution >= 0.6 is 0 Å². The average molecular weight is 1130 g/mol. The SMILES string of the molecule is CC/C=C\C/C=C\C/C=C\C/C=C\C/C=C\C/C=C\CCCCCCCCCCC(=O)OCC(COC(=O)CCCCCCC/C=C\C/C=C\CCCCC)OC(=O)CCCCCCCCCCCCCCCCCCCCCCC. The Hall–Kier alpha value is -3.67. The first kappa shape index (κ1) is 77.3. The Morgan fingerprint density at radius 3 is 0.778 bits per heavy atom. The van der Waals surface area contributed by atoms with Gasteiger partial charge in [-0.1, -0.05) is 317 Å². The van der Waals surface area contributed by atoms with Gasteiger partial charge in [-0.05, 0) is 103 Å². The molecule has 6 heteroatoms. The fourth-order valence-electron chi connectivity index (χ4n) is 9.89. The first-order valence-electron chi connectivity index (χ1n) is 34.7. The first-order valence-corrected chi connectivity index (χ1v) is 34.7. The van der Waals surface area contributed by atoms with Crippen molar-refractivity contribution in [1.82, 2.24) is 0 Å². The topological polar surface area (TPSA) is 78.9 Å². The first-order chi connectivity index (χ1) is 40.0. The summed E-state index contributed by atoms with van der Waals surface area (Å²) in [6.07, 6.45) is 92.8. The van der Waals surface area contributed by atoms with Crippen LogP contribution in [0.4, 0.5) is 0 Å². The van der Waals surface area contributed by atoms with Gasteiger partial charge in [0, 0.05) is 19.3 Å². The molecule has 0 radical (unpaired) electrons. The van der Waals surface area contributed by atoms with E-state index in [2.05, 4.69) is 118 Å². The molecule has 81 heavy (non-hydrogen) atoms. The second-order valence-electron chi connectivity index (χ2n) is 23.1. The van der Waals surface area contributed by atoms with Gasteiger partial charge in [-0.15, -0.1) is 0 Å². The zero-order valence-corrected chi connectivity index (χ0v) is 53.5. The van der Waals surface area contributed by atoms with Gasteiger partial charge in [0.05, 0.1) is 0 Å². The predicted octanol–water partition coefficient (Wildman–Crippen LogP) is 24.0. The van der Waals surface area contributed by atoms with E-state index in [1.54, 1.807) is 0 Å². The van der Waals surface area contributed by atoms with E-state index in [-0.39, 0.29) is 31.1 Å². The molecule has 1 unspecified atom stereocenters. The smallest absolute Gasteiger partial charge is 0.306 e. The highest BCUT2D eigenvalue weighted by Crippen LogP contribution is 2.17. The van der Waals surface area contributed by atoms with Crippen molar-refractivity contribution in [3.05, 3.63) is 97.2 Å². The molecule has 0 N–H and O–H groups in total. The second-order valence-corrected chi connectivity index (χ2v) is 23.1. The summed E-state index contributed by atoms with van der Waals surface area (Å²) in [6, 6.07) is 0. The molecule has 0 aromatic heterocycles. The molecule has 0 heterocycles. The van der Waals surface area contributed by atoms with Crippen molar-refractivity contribution in [3.63, 3.8) is 0 Å². The molecule has 0 amide bonds. The van der Waals surface area contributed by atoms with Crippen LogP contribution in [0.1, 0.15) is 342 Å². The highest BCUT2D eigenvalue weighted by atomic mass is 16.6. The molecule has 0 aliphatic carbocycles. The normalized spacial score (nSPS) is 12.7. The minimum atomic E-state index is -0.788. The third kappa shape index (κ3) is 67.0. The Labute approximate surface area is 502 Å². The number of hydrogen-bond donors (Lipinski definition) is 0. The van der Waals surface area contributed by atoms with Gasteiger partial charge >= 0.3 is 17.9 Å². The van der Waals surface area contributed by atoms with E-state index in [1.165, 1.54) is 180 Å². The number of unbranched alkanes of at least 4 members (excludes halogenated alkanes) is 36. The van der Waals surface area contributed by atoms with Crippen LogP contribution in [0.25, 0.3) is 0 Å². The molecule has 0 fully saturated rings. The molecule has 0 rings (SSSR count). The molecule has 0 saturated heterocycles. The molecule has 0 aromatic carbocycles. The third-order valence-electron chi connectivity index (χ3n) is 15.1. The largest absolute Gasteiger partial charge is 0.462 e. The fourth-order valence-corrected chi connectivity index (χ4v) is 9.89. The lowest BCUT2D eigenvalue weighted by atomic mass is 10.0. The van der Waals surface area contributed by atoms with Crippen LogP contribution in [0.2, 0.25) is 0 Å². The van der Waals surface area contributed by atoms with Gasteiger partial charge in [0.25, 0.3) is 0 Å². The Bertz CT molecular complexity index is 1580. The van der Waals surface area contributed by atoms with Crippen molar-refractivity contribution in [2.24, 2.45) is 0 Å². The van der Waals surface area contributed by atoms with Crippen LogP contribution in [0.5, 0.6) is 0 Å². The lowest BCUT2D eigenvalue weighted by Gasteiger charge is -2.18. The number of allylic oxidation sites excluding steroid dienone is 16. The van der Waals surface area contributed by atoms with E-state index in [4.69, 9.17) is 14.2 Å². The monoisotopic (exact) mass is 1130 g/mol. The van der Waals surface area contributed by atoms with E-state index < -0.39 is 6.10 Å². The number of carbonyl (C=O) groups excluding carboxylic acids is 3. The van der Waals surface area contributed by atoms with Crippen molar-refractivity contribution in [1.29, 1.82) is 0 Å². The Kier molecular flexibility index (Phi) is 65.7. The standard InChI is InChI=1S/C75H130O6/c1-4-7-10-13-16-19-22-25-28-30-32-34-35-36-37-38-39-41-42-44-47-50-53-56-59-62-65-68-74(77)80-71-72(70-79-73(76)67-64-61-58-55-52-49-46-27-24-21-18-15-12-9-6-3)81-75(78)69-66-63-60-57-54-51-48-45-43-40-33-31-29-26-23-20-17-14-11-8-5-2/h7,10,16,18-19,21,25,27-28,32,34,36-37,39,41,46,72H,4-6,8-9,11-15,17,20,22-24,26,29-31,33,35,38,40,42-45,47-71H2,1-3H3/b10-7-,19-16-,21-18-,28-25-,34-32-,37-36-,41-39-,46-27-. The van der Waals surface area contributed by atoms with Crippen molar-refractivity contribution < 1.29 is 28.6 Å². The van der Waals surface area contributed by atoms with Gasteiger partial charge in [-0.25, -0.2) is 0 Å². The zero-order chi connectivity index (χ0) is 58.5. The number of ether oxygens (including phenoxy) is 3. The van der Waals surface area contributed by atoms with Crippen molar-refractivity contribution >= 4 is 17.9 Å².